The molecule has 3 aliphatic heterocycles. The zero-order valence-corrected chi connectivity index (χ0v) is 13.0. The van der Waals surface area contributed by atoms with Gasteiger partial charge in [0, 0.05) is 31.3 Å². The van der Waals surface area contributed by atoms with Gasteiger partial charge in [-0.15, -0.1) is 0 Å². The smallest absolute Gasteiger partial charge is 0.0637 e. The van der Waals surface area contributed by atoms with Gasteiger partial charge in [0.15, 0.2) is 0 Å². The van der Waals surface area contributed by atoms with Crippen LogP contribution in [-0.4, -0.2) is 73.9 Å². The second kappa shape index (κ2) is 7.21. The summed E-state index contributed by atoms with van der Waals surface area (Å²) in [7, 11) is 0. The predicted octanol–water partition coefficient (Wildman–Crippen LogP) is 1.31. The summed E-state index contributed by atoms with van der Waals surface area (Å²) < 4.78 is 5.80. The summed E-state index contributed by atoms with van der Waals surface area (Å²) in [6.45, 7) is 10.4. The number of nitrogens with zero attached hydrogens (tertiary/aromatic N) is 2. The van der Waals surface area contributed by atoms with Crippen molar-refractivity contribution in [3.8, 4) is 0 Å². The third-order valence-electron chi connectivity index (χ3n) is 5.29. The lowest BCUT2D eigenvalue weighted by atomic mass is 10.0. The molecule has 0 aromatic heterocycles. The summed E-state index contributed by atoms with van der Waals surface area (Å²) in [5, 5.41) is 3.76. The first kappa shape index (κ1) is 14.8. The van der Waals surface area contributed by atoms with Crippen LogP contribution in [0.2, 0.25) is 0 Å². The molecule has 3 unspecified atom stereocenters. The summed E-state index contributed by atoms with van der Waals surface area (Å²) in [4.78, 5) is 5.46. The highest BCUT2D eigenvalue weighted by atomic mass is 16.5. The van der Waals surface area contributed by atoms with Gasteiger partial charge in [-0.05, 0) is 58.3 Å². The maximum Gasteiger partial charge on any atom is 0.0637 e. The van der Waals surface area contributed by atoms with Crippen molar-refractivity contribution in [1.29, 1.82) is 0 Å². The van der Waals surface area contributed by atoms with Gasteiger partial charge in [-0.3, -0.25) is 9.80 Å². The fourth-order valence-corrected chi connectivity index (χ4v) is 4.19. The Morgan fingerprint density at radius 1 is 1.10 bits per heavy atom. The molecule has 0 radical (unpaired) electrons. The number of hydrogen-bond donors (Lipinski definition) is 1. The van der Waals surface area contributed by atoms with Crippen LogP contribution in [0.4, 0.5) is 0 Å². The molecule has 3 saturated heterocycles. The molecule has 3 aliphatic rings. The first-order valence-corrected chi connectivity index (χ1v) is 8.67. The van der Waals surface area contributed by atoms with Crippen molar-refractivity contribution < 1.29 is 4.74 Å². The number of hydrogen-bond acceptors (Lipinski definition) is 4. The summed E-state index contributed by atoms with van der Waals surface area (Å²) in [6, 6.07) is 2.04. The Morgan fingerprint density at radius 3 is 2.85 bits per heavy atom. The SMILES string of the molecule is CCCNC1CCOCC1N1CCCN2CCCC2C1. The van der Waals surface area contributed by atoms with Crippen molar-refractivity contribution in [2.45, 2.75) is 57.2 Å². The Labute approximate surface area is 123 Å². The quantitative estimate of drug-likeness (QED) is 0.841. The maximum atomic E-state index is 5.80. The average Bonchev–Trinajstić information content (AvgIpc) is 2.82. The van der Waals surface area contributed by atoms with E-state index >= 15 is 0 Å². The van der Waals surface area contributed by atoms with Crippen molar-refractivity contribution in [3.63, 3.8) is 0 Å². The average molecular weight is 281 g/mol. The third-order valence-corrected chi connectivity index (χ3v) is 5.29. The van der Waals surface area contributed by atoms with Crippen LogP contribution in [0.1, 0.15) is 39.0 Å². The van der Waals surface area contributed by atoms with Crippen molar-refractivity contribution >= 4 is 0 Å². The van der Waals surface area contributed by atoms with E-state index < -0.39 is 0 Å². The van der Waals surface area contributed by atoms with Gasteiger partial charge in [-0.2, -0.15) is 0 Å². The molecule has 20 heavy (non-hydrogen) atoms. The lowest BCUT2D eigenvalue weighted by Gasteiger charge is -2.40. The largest absolute Gasteiger partial charge is 0.380 e. The van der Waals surface area contributed by atoms with Gasteiger partial charge >= 0.3 is 0 Å². The van der Waals surface area contributed by atoms with E-state index in [0.29, 0.717) is 12.1 Å². The van der Waals surface area contributed by atoms with Gasteiger partial charge in [0.2, 0.25) is 0 Å². The van der Waals surface area contributed by atoms with Crippen molar-refractivity contribution in [1.82, 2.24) is 15.1 Å². The molecule has 0 aliphatic carbocycles. The highest BCUT2D eigenvalue weighted by Crippen LogP contribution is 2.24. The molecule has 3 rings (SSSR count). The first-order chi connectivity index (χ1) is 9.88. The molecular weight excluding hydrogens is 250 g/mol. The van der Waals surface area contributed by atoms with E-state index in [1.807, 2.05) is 0 Å². The minimum atomic E-state index is 0.593. The molecule has 0 aromatic rings. The Morgan fingerprint density at radius 2 is 1.95 bits per heavy atom. The Hall–Kier alpha value is -0.160. The van der Waals surface area contributed by atoms with Crippen LogP contribution in [0.5, 0.6) is 0 Å². The fraction of sp³-hybridized carbons (Fsp3) is 1.00. The predicted molar refractivity (Wildman–Crippen MR) is 82.1 cm³/mol. The molecule has 116 valence electrons. The van der Waals surface area contributed by atoms with E-state index in [1.165, 1.54) is 58.3 Å². The number of fused-ring (bicyclic) bond motifs is 1. The molecular formula is C16H31N3O. The van der Waals surface area contributed by atoms with Gasteiger partial charge in [0.25, 0.3) is 0 Å². The van der Waals surface area contributed by atoms with Crippen LogP contribution >= 0.6 is 0 Å². The summed E-state index contributed by atoms with van der Waals surface area (Å²) in [6.07, 6.45) is 6.53. The van der Waals surface area contributed by atoms with E-state index in [0.717, 1.165) is 25.8 Å². The Kier molecular flexibility index (Phi) is 5.32. The lowest BCUT2D eigenvalue weighted by molar-refractivity contribution is -0.00498. The van der Waals surface area contributed by atoms with E-state index in [9.17, 15) is 0 Å². The highest BCUT2D eigenvalue weighted by molar-refractivity contribution is 4.92. The molecule has 0 bridgehead atoms. The minimum absolute atomic E-state index is 0.593. The lowest BCUT2D eigenvalue weighted by Crippen LogP contribution is -2.57. The highest BCUT2D eigenvalue weighted by Gasteiger charge is 2.35. The van der Waals surface area contributed by atoms with E-state index in [-0.39, 0.29) is 0 Å². The summed E-state index contributed by atoms with van der Waals surface area (Å²) in [5.74, 6) is 0. The Bertz CT molecular complexity index is 299. The summed E-state index contributed by atoms with van der Waals surface area (Å²) >= 11 is 0. The van der Waals surface area contributed by atoms with Crippen molar-refractivity contribution in [2.24, 2.45) is 0 Å². The number of nitrogens with one attached hydrogen (secondary N) is 1. The van der Waals surface area contributed by atoms with Gasteiger partial charge in [0.1, 0.15) is 0 Å². The molecule has 0 saturated carbocycles. The Balaban J connectivity index is 1.62. The van der Waals surface area contributed by atoms with Gasteiger partial charge < -0.3 is 10.1 Å². The van der Waals surface area contributed by atoms with Crippen LogP contribution in [-0.2, 0) is 4.74 Å². The maximum absolute atomic E-state index is 5.80. The molecule has 0 aromatic carbocycles. The molecule has 4 nitrogen and oxygen atoms in total. The normalized spacial score (nSPS) is 36.8. The molecule has 4 heteroatoms. The number of ether oxygens (including phenoxy) is 1. The van der Waals surface area contributed by atoms with Crippen LogP contribution < -0.4 is 5.32 Å². The van der Waals surface area contributed by atoms with Gasteiger partial charge in [-0.1, -0.05) is 6.92 Å². The topological polar surface area (TPSA) is 27.7 Å². The molecule has 1 N–H and O–H groups in total. The molecule has 0 amide bonds. The number of rotatable bonds is 4. The monoisotopic (exact) mass is 281 g/mol. The van der Waals surface area contributed by atoms with Crippen molar-refractivity contribution in [2.75, 3.05) is 45.9 Å². The molecule has 3 heterocycles. The standard InChI is InChI=1S/C16H31N3O/c1-2-7-17-15-6-11-20-13-16(15)19-10-4-9-18-8-3-5-14(18)12-19/h14-17H,2-13H2,1H3. The van der Waals surface area contributed by atoms with E-state index in [1.54, 1.807) is 0 Å². The van der Waals surface area contributed by atoms with E-state index in [2.05, 4.69) is 22.0 Å². The minimum Gasteiger partial charge on any atom is -0.380 e. The fourth-order valence-electron chi connectivity index (χ4n) is 4.19. The zero-order valence-electron chi connectivity index (χ0n) is 13.0. The van der Waals surface area contributed by atoms with Crippen molar-refractivity contribution in [3.05, 3.63) is 0 Å². The second-order valence-electron chi connectivity index (χ2n) is 6.67. The molecule has 0 spiro atoms. The first-order valence-electron chi connectivity index (χ1n) is 8.67. The molecule has 3 fully saturated rings. The summed E-state index contributed by atoms with van der Waals surface area (Å²) in [5.41, 5.74) is 0. The second-order valence-corrected chi connectivity index (χ2v) is 6.67. The van der Waals surface area contributed by atoms with Crippen LogP contribution in [0.15, 0.2) is 0 Å². The van der Waals surface area contributed by atoms with E-state index in [4.69, 9.17) is 4.74 Å². The third kappa shape index (κ3) is 3.35. The van der Waals surface area contributed by atoms with Crippen LogP contribution in [0.3, 0.4) is 0 Å². The van der Waals surface area contributed by atoms with Gasteiger partial charge in [0.05, 0.1) is 6.61 Å². The zero-order chi connectivity index (χ0) is 13.8. The van der Waals surface area contributed by atoms with Crippen LogP contribution in [0.25, 0.3) is 0 Å². The van der Waals surface area contributed by atoms with Gasteiger partial charge in [-0.25, -0.2) is 0 Å². The molecule has 3 atom stereocenters. The van der Waals surface area contributed by atoms with Crippen LogP contribution in [0, 0.1) is 0 Å².